The van der Waals surface area contributed by atoms with Gasteiger partial charge in [-0.2, -0.15) is 0 Å². The average molecular weight is 195 g/mol. The van der Waals surface area contributed by atoms with Crippen molar-refractivity contribution in [3.8, 4) is 0 Å². The predicted octanol–water partition coefficient (Wildman–Crippen LogP) is 1.69. The lowest BCUT2D eigenvalue weighted by Gasteiger charge is -1.95. The fraction of sp³-hybridized carbons (Fsp3) is 0.167. The SMILES string of the molecule is Cn1c(C=O)cc([N+](=O)[O-])c1N=[N+]=[N-]. The first kappa shape index (κ1) is 9.75. The van der Waals surface area contributed by atoms with Crippen LogP contribution in [0.1, 0.15) is 10.5 Å². The summed E-state index contributed by atoms with van der Waals surface area (Å²) in [6.45, 7) is 0. The summed E-state index contributed by atoms with van der Waals surface area (Å²) in [5, 5.41) is 13.6. The van der Waals surface area contributed by atoms with Gasteiger partial charge in [0.1, 0.15) is 0 Å². The lowest BCUT2D eigenvalue weighted by Crippen LogP contribution is -1.92. The molecule has 0 radical (unpaired) electrons. The highest BCUT2D eigenvalue weighted by atomic mass is 16.6. The molecule has 0 aliphatic carbocycles. The summed E-state index contributed by atoms with van der Waals surface area (Å²) < 4.78 is 1.16. The number of aromatic nitrogens is 1. The van der Waals surface area contributed by atoms with E-state index in [1.165, 1.54) is 7.05 Å². The molecule has 8 heteroatoms. The van der Waals surface area contributed by atoms with Gasteiger partial charge in [0.2, 0.25) is 0 Å². The van der Waals surface area contributed by atoms with Crippen LogP contribution >= 0.6 is 0 Å². The number of carbonyl (C=O) groups excluding carboxylic acids is 1. The van der Waals surface area contributed by atoms with Gasteiger partial charge in [-0.3, -0.25) is 14.9 Å². The minimum Gasteiger partial charge on any atom is -0.334 e. The second kappa shape index (κ2) is 3.58. The smallest absolute Gasteiger partial charge is 0.297 e. The van der Waals surface area contributed by atoms with Crippen molar-refractivity contribution in [2.24, 2.45) is 12.2 Å². The summed E-state index contributed by atoms with van der Waals surface area (Å²) in [6, 6.07) is 1.05. The molecule has 14 heavy (non-hydrogen) atoms. The average Bonchev–Trinajstić information content (AvgIpc) is 2.45. The topological polar surface area (TPSA) is 114 Å². The van der Waals surface area contributed by atoms with Crippen molar-refractivity contribution in [2.45, 2.75) is 0 Å². The minimum atomic E-state index is -0.711. The van der Waals surface area contributed by atoms with Crippen LogP contribution in [-0.4, -0.2) is 15.8 Å². The van der Waals surface area contributed by atoms with Gasteiger partial charge < -0.3 is 4.57 Å². The molecule has 8 nitrogen and oxygen atoms in total. The number of carbonyl (C=O) groups is 1. The Hall–Kier alpha value is -2.34. The van der Waals surface area contributed by atoms with Crippen molar-refractivity contribution in [1.82, 2.24) is 4.57 Å². The molecular formula is C6H5N5O3. The third-order valence-electron chi connectivity index (χ3n) is 1.68. The van der Waals surface area contributed by atoms with Crippen molar-refractivity contribution in [3.63, 3.8) is 0 Å². The number of hydrogen-bond acceptors (Lipinski definition) is 4. The van der Waals surface area contributed by atoms with Gasteiger partial charge in [0.15, 0.2) is 12.1 Å². The van der Waals surface area contributed by atoms with Crippen molar-refractivity contribution >= 4 is 17.8 Å². The Morgan fingerprint density at radius 1 is 1.79 bits per heavy atom. The number of hydrogen-bond donors (Lipinski definition) is 0. The largest absolute Gasteiger partial charge is 0.334 e. The third kappa shape index (κ3) is 1.41. The first-order chi connectivity index (χ1) is 6.61. The first-order valence-corrected chi connectivity index (χ1v) is 3.46. The van der Waals surface area contributed by atoms with Crippen molar-refractivity contribution in [2.75, 3.05) is 0 Å². The zero-order valence-electron chi connectivity index (χ0n) is 7.12. The molecule has 1 aromatic heterocycles. The second-order valence-corrected chi connectivity index (χ2v) is 2.40. The van der Waals surface area contributed by atoms with Gasteiger partial charge in [-0.25, -0.2) is 0 Å². The molecule has 1 rings (SSSR count). The second-order valence-electron chi connectivity index (χ2n) is 2.40. The quantitative estimate of drug-likeness (QED) is 0.182. The lowest BCUT2D eigenvalue weighted by atomic mass is 10.4. The zero-order valence-corrected chi connectivity index (χ0v) is 7.12. The van der Waals surface area contributed by atoms with Crippen LogP contribution in [-0.2, 0) is 7.05 Å². The standard InChI is InChI=1S/C6H5N5O3/c1-10-4(3-12)2-5(11(13)14)6(10)8-9-7/h2-3H,1H3. The van der Waals surface area contributed by atoms with E-state index in [0.29, 0.717) is 6.29 Å². The lowest BCUT2D eigenvalue weighted by molar-refractivity contribution is -0.384. The number of rotatable bonds is 3. The van der Waals surface area contributed by atoms with Gasteiger partial charge in [-0.15, -0.1) is 0 Å². The minimum absolute atomic E-state index is 0.0825. The highest BCUT2D eigenvalue weighted by molar-refractivity contribution is 5.77. The van der Waals surface area contributed by atoms with E-state index in [1.54, 1.807) is 0 Å². The van der Waals surface area contributed by atoms with Gasteiger partial charge in [-0.1, -0.05) is 0 Å². The Morgan fingerprint density at radius 2 is 2.43 bits per heavy atom. The molecule has 0 spiro atoms. The monoisotopic (exact) mass is 195 g/mol. The van der Waals surface area contributed by atoms with Gasteiger partial charge in [0.05, 0.1) is 10.6 Å². The maximum Gasteiger partial charge on any atom is 0.297 e. The molecule has 1 aromatic rings. The fourth-order valence-electron chi connectivity index (χ4n) is 1.00. The number of aldehydes is 1. The molecule has 0 unspecified atom stereocenters. The highest BCUT2D eigenvalue weighted by Gasteiger charge is 2.19. The maximum absolute atomic E-state index is 10.5. The van der Waals surface area contributed by atoms with E-state index in [4.69, 9.17) is 5.53 Å². The van der Waals surface area contributed by atoms with Crippen LogP contribution in [0.25, 0.3) is 10.4 Å². The van der Waals surface area contributed by atoms with Gasteiger partial charge in [-0.05, 0) is 10.6 Å². The van der Waals surface area contributed by atoms with Crippen LogP contribution in [0.2, 0.25) is 0 Å². The van der Waals surface area contributed by atoms with Gasteiger partial charge in [0.25, 0.3) is 5.69 Å². The molecule has 0 saturated carbocycles. The Bertz CT molecular complexity index is 443. The Labute approximate surface area is 77.5 Å². The first-order valence-electron chi connectivity index (χ1n) is 3.46. The molecule has 0 saturated heterocycles. The van der Waals surface area contributed by atoms with E-state index in [0.717, 1.165) is 10.6 Å². The molecule has 72 valence electrons. The van der Waals surface area contributed by atoms with Crippen LogP contribution in [0.5, 0.6) is 0 Å². The predicted molar refractivity (Wildman–Crippen MR) is 46.3 cm³/mol. The Morgan fingerprint density at radius 3 is 2.86 bits per heavy atom. The maximum atomic E-state index is 10.5. The normalized spacial score (nSPS) is 9.21. The number of nitrogens with zero attached hydrogens (tertiary/aromatic N) is 5. The van der Waals surface area contributed by atoms with Crippen LogP contribution in [0.4, 0.5) is 11.5 Å². The fourth-order valence-corrected chi connectivity index (χ4v) is 1.00. The third-order valence-corrected chi connectivity index (χ3v) is 1.68. The summed E-state index contributed by atoms with van der Waals surface area (Å²) in [5.41, 5.74) is 7.87. The van der Waals surface area contributed by atoms with E-state index in [9.17, 15) is 14.9 Å². The van der Waals surface area contributed by atoms with E-state index in [-0.39, 0.29) is 17.2 Å². The molecule has 0 N–H and O–H groups in total. The Kier molecular flexibility index (Phi) is 2.49. The molecule has 0 aliphatic heterocycles. The summed E-state index contributed by atoms with van der Waals surface area (Å²) in [5.74, 6) is -0.181. The van der Waals surface area contributed by atoms with Crippen LogP contribution < -0.4 is 0 Å². The molecule has 0 aliphatic rings. The summed E-state index contributed by atoms with van der Waals surface area (Å²) >= 11 is 0. The molecule has 1 heterocycles. The molecular weight excluding hydrogens is 190 g/mol. The Balaban J connectivity index is 3.49. The molecule has 0 aromatic carbocycles. The van der Waals surface area contributed by atoms with Crippen molar-refractivity contribution in [1.29, 1.82) is 0 Å². The van der Waals surface area contributed by atoms with Crippen molar-refractivity contribution in [3.05, 3.63) is 32.3 Å². The van der Waals surface area contributed by atoms with Crippen LogP contribution in [0, 0.1) is 10.1 Å². The summed E-state index contributed by atoms with van der Waals surface area (Å²) in [6.07, 6.45) is 0.448. The number of azide groups is 1. The molecule has 0 atom stereocenters. The van der Waals surface area contributed by atoms with Crippen LogP contribution in [0.3, 0.4) is 0 Å². The molecule has 0 amide bonds. The van der Waals surface area contributed by atoms with E-state index < -0.39 is 4.92 Å². The van der Waals surface area contributed by atoms with E-state index >= 15 is 0 Å². The van der Waals surface area contributed by atoms with Crippen LogP contribution in [0.15, 0.2) is 11.2 Å². The summed E-state index contributed by atoms with van der Waals surface area (Å²) in [4.78, 5) is 22.6. The van der Waals surface area contributed by atoms with E-state index in [1.807, 2.05) is 0 Å². The zero-order chi connectivity index (χ0) is 10.7. The van der Waals surface area contributed by atoms with Crippen molar-refractivity contribution < 1.29 is 9.72 Å². The van der Waals surface area contributed by atoms with Gasteiger partial charge in [0, 0.05) is 18.0 Å². The van der Waals surface area contributed by atoms with E-state index in [2.05, 4.69) is 10.0 Å². The molecule has 0 bridgehead atoms. The van der Waals surface area contributed by atoms with Gasteiger partial charge >= 0.3 is 0 Å². The highest BCUT2D eigenvalue weighted by Crippen LogP contribution is 2.29. The summed E-state index contributed by atoms with van der Waals surface area (Å²) in [7, 11) is 1.40. The molecule has 0 fully saturated rings. The number of nitro groups is 1.